The molecule has 0 spiro atoms. The van der Waals surface area contributed by atoms with Gasteiger partial charge >= 0.3 is 5.97 Å². The lowest BCUT2D eigenvalue weighted by molar-refractivity contribution is -0.113. The van der Waals surface area contributed by atoms with Crippen LogP contribution >= 0.6 is 11.8 Å². The maximum atomic E-state index is 12.1. The van der Waals surface area contributed by atoms with Gasteiger partial charge in [0.1, 0.15) is 5.03 Å². The molecule has 1 amide bonds. The van der Waals surface area contributed by atoms with Crippen LogP contribution in [0.15, 0.2) is 71.8 Å². The van der Waals surface area contributed by atoms with Gasteiger partial charge in [-0.15, -0.1) is 10.2 Å². The van der Waals surface area contributed by atoms with E-state index in [-0.39, 0.29) is 17.6 Å². The van der Waals surface area contributed by atoms with Crippen LogP contribution in [0.4, 0.5) is 5.69 Å². The van der Waals surface area contributed by atoms with Crippen molar-refractivity contribution in [1.29, 1.82) is 0 Å². The van der Waals surface area contributed by atoms with Gasteiger partial charge in [-0.2, -0.15) is 0 Å². The lowest BCUT2D eigenvalue weighted by Crippen LogP contribution is -2.14. The highest BCUT2D eigenvalue weighted by molar-refractivity contribution is 7.99. The maximum absolute atomic E-state index is 12.1. The van der Waals surface area contributed by atoms with Crippen molar-refractivity contribution in [2.75, 3.05) is 17.7 Å². The minimum absolute atomic E-state index is 0.164. The van der Waals surface area contributed by atoms with Crippen molar-refractivity contribution < 1.29 is 14.3 Å². The number of anilines is 1. The zero-order valence-corrected chi connectivity index (χ0v) is 16.1. The Balaban J connectivity index is 1.51. The van der Waals surface area contributed by atoms with Crippen LogP contribution in [0.3, 0.4) is 0 Å². The molecule has 0 saturated carbocycles. The van der Waals surface area contributed by atoms with Gasteiger partial charge in [0.25, 0.3) is 0 Å². The smallest absolute Gasteiger partial charge is 0.338 e. The fourth-order valence-corrected chi connectivity index (χ4v) is 3.01. The Kier molecular flexibility index (Phi) is 6.75. The number of aromatic nitrogens is 2. The first-order valence-electron chi connectivity index (χ1n) is 8.74. The normalized spacial score (nSPS) is 10.3. The molecule has 0 saturated heterocycles. The first kappa shape index (κ1) is 19.6. The van der Waals surface area contributed by atoms with E-state index in [4.69, 9.17) is 4.74 Å². The third-order valence-electron chi connectivity index (χ3n) is 3.74. The summed E-state index contributed by atoms with van der Waals surface area (Å²) in [4.78, 5) is 23.8. The van der Waals surface area contributed by atoms with Crippen LogP contribution in [0, 0.1) is 0 Å². The number of amides is 1. The topological polar surface area (TPSA) is 81.2 Å². The molecular formula is C21H19N3O3S. The number of carbonyl (C=O) groups excluding carboxylic acids is 2. The minimum Gasteiger partial charge on any atom is -0.462 e. The van der Waals surface area contributed by atoms with E-state index in [1.165, 1.54) is 11.8 Å². The number of carbonyl (C=O) groups is 2. The average Bonchev–Trinajstić information content (AvgIpc) is 2.74. The molecule has 0 aliphatic rings. The molecular weight excluding hydrogens is 374 g/mol. The number of nitrogens with zero attached hydrogens (tertiary/aromatic N) is 2. The second kappa shape index (κ2) is 9.66. The highest BCUT2D eigenvalue weighted by Gasteiger charge is 2.08. The summed E-state index contributed by atoms with van der Waals surface area (Å²) in [5.41, 5.74) is 2.85. The molecule has 2 aromatic carbocycles. The Morgan fingerprint density at radius 1 is 0.964 bits per heavy atom. The van der Waals surface area contributed by atoms with Gasteiger partial charge in [-0.1, -0.05) is 42.1 Å². The minimum atomic E-state index is -0.381. The van der Waals surface area contributed by atoms with Crippen LogP contribution in [0.25, 0.3) is 11.3 Å². The van der Waals surface area contributed by atoms with Gasteiger partial charge in [0, 0.05) is 11.3 Å². The van der Waals surface area contributed by atoms with Crippen LogP contribution in [-0.4, -0.2) is 34.4 Å². The lowest BCUT2D eigenvalue weighted by Gasteiger charge is -2.06. The monoisotopic (exact) mass is 393 g/mol. The summed E-state index contributed by atoms with van der Waals surface area (Å²) in [5.74, 6) is -0.338. The summed E-state index contributed by atoms with van der Waals surface area (Å²) in [7, 11) is 0. The van der Waals surface area contributed by atoms with Gasteiger partial charge in [-0.3, -0.25) is 4.79 Å². The quantitative estimate of drug-likeness (QED) is 0.482. The van der Waals surface area contributed by atoms with Gasteiger partial charge in [0.05, 0.1) is 23.6 Å². The summed E-state index contributed by atoms with van der Waals surface area (Å²) in [6, 6.07) is 20.1. The van der Waals surface area contributed by atoms with Crippen molar-refractivity contribution in [1.82, 2.24) is 10.2 Å². The van der Waals surface area contributed by atoms with Crippen LogP contribution < -0.4 is 5.32 Å². The molecule has 0 atom stereocenters. The highest BCUT2D eigenvalue weighted by atomic mass is 32.2. The fraction of sp³-hybridized carbons (Fsp3) is 0.143. The number of benzene rings is 2. The van der Waals surface area contributed by atoms with E-state index in [2.05, 4.69) is 15.5 Å². The summed E-state index contributed by atoms with van der Waals surface area (Å²) in [6.45, 7) is 2.08. The number of thioether (sulfide) groups is 1. The molecule has 28 heavy (non-hydrogen) atoms. The van der Waals surface area contributed by atoms with E-state index in [0.717, 1.165) is 11.3 Å². The van der Waals surface area contributed by atoms with Crippen LogP contribution in [0.2, 0.25) is 0 Å². The van der Waals surface area contributed by atoms with Crippen molar-refractivity contribution in [3.05, 3.63) is 72.3 Å². The standard InChI is InChI=1S/C21H19N3O3S/c1-2-27-21(26)16-8-10-17(11-9-16)22-19(25)14-28-20-13-12-18(23-24-20)15-6-4-3-5-7-15/h3-13H,2,14H2,1H3,(H,22,25). The SMILES string of the molecule is CCOC(=O)c1ccc(NC(=O)CSc2ccc(-c3ccccc3)nn2)cc1. The predicted octanol–water partition coefficient (Wildman–Crippen LogP) is 4.05. The summed E-state index contributed by atoms with van der Waals surface area (Å²) >= 11 is 1.31. The molecule has 3 rings (SSSR count). The van der Waals surface area contributed by atoms with Gasteiger partial charge in [-0.25, -0.2) is 4.79 Å². The molecule has 6 nitrogen and oxygen atoms in total. The largest absolute Gasteiger partial charge is 0.462 e. The molecule has 0 aliphatic carbocycles. The molecule has 0 unspecified atom stereocenters. The van der Waals surface area contributed by atoms with Crippen LogP contribution in [0.5, 0.6) is 0 Å². The highest BCUT2D eigenvalue weighted by Crippen LogP contribution is 2.20. The van der Waals surface area contributed by atoms with Crippen molar-refractivity contribution in [2.24, 2.45) is 0 Å². The molecule has 1 aromatic heterocycles. The molecule has 1 heterocycles. The molecule has 3 aromatic rings. The van der Waals surface area contributed by atoms with E-state index in [9.17, 15) is 9.59 Å². The molecule has 1 N–H and O–H groups in total. The predicted molar refractivity (Wildman–Crippen MR) is 109 cm³/mol. The molecule has 0 aliphatic heterocycles. The van der Waals surface area contributed by atoms with E-state index < -0.39 is 0 Å². The lowest BCUT2D eigenvalue weighted by atomic mass is 10.1. The Bertz CT molecular complexity index is 929. The Hall–Kier alpha value is -3.19. The molecule has 0 bridgehead atoms. The third kappa shape index (κ3) is 5.40. The van der Waals surface area contributed by atoms with Crippen molar-refractivity contribution in [3.63, 3.8) is 0 Å². The Morgan fingerprint density at radius 3 is 2.36 bits per heavy atom. The fourth-order valence-electron chi connectivity index (χ4n) is 2.40. The molecule has 7 heteroatoms. The van der Waals surface area contributed by atoms with Crippen molar-refractivity contribution in [3.8, 4) is 11.3 Å². The number of rotatable bonds is 7. The van der Waals surface area contributed by atoms with Crippen molar-refractivity contribution in [2.45, 2.75) is 11.9 Å². The van der Waals surface area contributed by atoms with E-state index in [1.807, 2.05) is 42.5 Å². The van der Waals surface area contributed by atoms with Gasteiger partial charge in [0.2, 0.25) is 5.91 Å². The van der Waals surface area contributed by atoms with E-state index in [0.29, 0.717) is 22.9 Å². The van der Waals surface area contributed by atoms with E-state index in [1.54, 1.807) is 31.2 Å². The average molecular weight is 393 g/mol. The number of ether oxygens (including phenoxy) is 1. The van der Waals surface area contributed by atoms with Gasteiger partial charge in [-0.05, 0) is 43.3 Å². The van der Waals surface area contributed by atoms with Crippen molar-refractivity contribution >= 4 is 29.3 Å². The van der Waals surface area contributed by atoms with Crippen LogP contribution in [0.1, 0.15) is 17.3 Å². The first-order chi connectivity index (χ1) is 13.7. The second-order valence-electron chi connectivity index (χ2n) is 5.76. The number of nitrogens with one attached hydrogen (secondary N) is 1. The zero-order chi connectivity index (χ0) is 19.8. The molecule has 0 fully saturated rings. The van der Waals surface area contributed by atoms with Gasteiger partial charge in [0.15, 0.2) is 0 Å². The molecule has 142 valence electrons. The van der Waals surface area contributed by atoms with E-state index >= 15 is 0 Å². The summed E-state index contributed by atoms with van der Waals surface area (Å²) in [5, 5.41) is 11.8. The summed E-state index contributed by atoms with van der Waals surface area (Å²) < 4.78 is 4.93. The maximum Gasteiger partial charge on any atom is 0.338 e. The second-order valence-corrected chi connectivity index (χ2v) is 6.75. The molecule has 0 radical (unpaired) electrons. The first-order valence-corrected chi connectivity index (χ1v) is 9.73. The zero-order valence-electron chi connectivity index (χ0n) is 15.3. The van der Waals surface area contributed by atoms with Crippen LogP contribution in [-0.2, 0) is 9.53 Å². The Morgan fingerprint density at radius 2 is 1.71 bits per heavy atom. The Labute approximate surface area is 167 Å². The number of hydrogen-bond donors (Lipinski definition) is 1. The van der Waals surface area contributed by atoms with Gasteiger partial charge < -0.3 is 10.1 Å². The number of esters is 1. The third-order valence-corrected chi connectivity index (χ3v) is 4.66. The summed E-state index contributed by atoms with van der Waals surface area (Å²) in [6.07, 6.45) is 0. The number of hydrogen-bond acceptors (Lipinski definition) is 6.